The predicted octanol–water partition coefficient (Wildman–Crippen LogP) is 1.45. The Kier molecular flexibility index (Phi) is 5.24. The van der Waals surface area contributed by atoms with E-state index in [4.69, 9.17) is 9.84 Å². The molecule has 4 heteroatoms. The molecule has 0 aromatic rings. The summed E-state index contributed by atoms with van der Waals surface area (Å²) in [5, 5.41) is 9.07. The van der Waals surface area contributed by atoms with Crippen molar-refractivity contribution < 1.29 is 14.6 Å². The summed E-state index contributed by atoms with van der Waals surface area (Å²) in [7, 11) is 3.35. The molecule has 0 saturated carbocycles. The van der Waals surface area contributed by atoms with E-state index in [1.54, 1.807) is 0 Å². The number of likely N-dealkylation sites (N-methyl/N-ethyl adjacent to an activating group) is 1. The van der Waals surface area contributed by atoms with Crippen LogP contribution in [0.3, 0.4) is 0 Å². The van der Waals surface area contributed by atoms with Gasteiger partial charge in [0.2, 0.25) is 0 Å². The first kappa shape index (κ1) is 14.4. The van der Waals surface area contributed by atoms with Crippen LogP contribution in [0, 0.1) is 5.41 Å². The van der Waals surface area contributed by atoms with E-state index >= 15 is 0 Å². The van der Waals surface area contributed by atoms with Gasteiger partial charge >= 0.3 is 5.97 Å². The van der Waals surface area contributed by atoms with Crippen molar-refractivity contribution in [3.63, 3.8) is 0 Å². The van der Waals surface area contributed by atoms with Crippen LogP contribution < -0.4 is 0 Å². The monoisotopic (exact) mass is 217 g/mol. The van der Waals surface area contributed by atoms with E-state index in [2.05, 4.69) is 20.8 Å². The lowest BCUT2D eigenvalue weighted by Gasteiger charge is -2.38. The lowest BCUT2D eigenvalue weighted by Crippen LogP contribution is -2.50. The summed E-state index contributed by atoms with van der Waals surface area (Å²) in [6.07, 6.45) is 0. The fourth-order valence-corrected chi connectivity index (χ4v) is 1.40. The van der Waals surface area contributed by atoms with Gasteiger partial charge in [-0.15, -0.1) is 0 Å². The Bertz CT molecular complexity index is 210. The maximum atomic E-state index is 11.0. The van der Waals surface area contributed by atoms with Crippen LogP contribution in [0.4, 0.5) is 0 Å². The van der Waals surface area contributed by atoms with Crippen LogP contribution in [0.5, 0.6) is 0 Å². The molecule has 15 heavy (non-hydrogen) atoms. The Morgan fingerprint density at radius 1 is 1.47 bits per heavy atom. The summed E-state index contributed by atoms with van der Waals surface area (Å²) in [5.41, 5.74) is 0.0518. The van der Waals surface area contributed by atoms with Crippen molar-refractivity contribution in [2.75, 3.05) is 20.8 Å². The van der Waals surface area contributed by atoms with Gasteiger partial charge in [0, 0.05) is 13.2 Å². The Balaban J connectivity index is 4.63. The highest BCUT2D eigenvalue weighted by atomic mass is 16.5. The second-order valence-corrected chi connectivity index (χ2v) is 5.02. The largest absolute Gasteiger partial charge is 0.480 e. The molecule has 0 saturated heterocycles. The van der Waals surface area contributed by atoms with Crippen molar-refractivity contribution >= 4 is 5.97 Å². The van der Waals surface area contributed by atoms with E-state index in [1.165, 1.54) is 7.11 Å². The Morgan fingerprint density at radius 3 is 2.20 bits per heavy atom. The Labute approximate surface area is 92.2 Å². The van der Waals surface area contributed by atoms with Gasteiger partial charge in [-0.2, -0.15) is 0 Å². The van der Waals surface area contributed by atoms with Crippen LogP contribution in [0.1, 0.15) is 27.7 Å². The zero-order chi connectivity index (χ0) is 12.2. The predicted molar refractivity (Wildman–Crippen MR) is 60.0 cm³/mol. The highest BCUT2D eigenvalue weighted by molar-refractivity contribution is 5.73. The summed E-state index contributed by atoms with van der Waals surface area (Å²) in [6, 6.07) is -0.405. The van der Waals surface area contributed by atoms with E-state index in [-0.39, 0.29) is 18.1 Å². The van der Waals surface area contributed by atoms with Gasteiger partial charge in [-0.3, -0.25) is 9.69 Å². The highest BCUT2D eigenvalue weighted by Crippen LogP contribution is 2.24. The molecule has 0 fully saturated rings. The molecule has 0 spiro atoms. The molecule has 0 heterocycles. The average molecular weight is 217 g/mol. The van der Waals surface area contributed by atoms with Crippen molar-refractivity contribution in [2.24, 2.45) is 5.41 Å². The SMILES string of the molecule is COCC(C(=O)O)N(C)C(C)C(C)(C)C. The smallest absolute Gasteiger partial charge is 0.323 e. The van der Waals surface area contributed by atoms with Gasteiger partial charge in [-0.25, -0.2) is 0 Å². The molecule has 4 nitrogen and oxygen atoms in total. The second kappa shape index (κ2) is 5.47. The molecule has 0 amide bonds. The van der Waals surface area contributed by atoms with Gasteiger partial charge in [0.05, 0.1) is 6.61 Å². The third kappa shape index (κ3) is 4.18. The number of methoxy groups -OCH3 is 1. The van der Waals surface area contributed by atoms with Crippen LogP contribution in [-0.2, 0) is 9.53 Å². The lowest BCUT2D eigenvalue weighted by molar-refractivity contribution is -0.146. The van der Waals surface area contributed by atoms with Gasteiger partial charge in [0.1, 0.15) is 6.04 Å². The molecule has 0 aromatic heterocycles. The van der Waals surface area contributed by atoms with E-state index < -0.39 is 12.0 Å². The average Bonchev–Trinajstić information content (AvgIpc) is 2.09. The number of rotatable bonds is 5. The summed E-state index contributed by atoms with van der Waals surface area (Å²) in [6.45, 7) is 8.54. The molecule has 0 bridgehead atoms. The summed E-state index contributed by atoms with van der Waals surface area (Å²) >= 11 is 0. The third-order valence-electron chi connectivity index (χ3n) is 2.97. The molecule has 90 valence electrons. The van der Waals surface area contributed by atoms with E-state index in [9.17, 15) is 4.79 Å². The van der Waals surface area contributed by atoms with Gasteiger partial charge in [-0.05, 0) is 19.4 Å². The normalized spacial score (nSPS) is 16.5. The van der Waals surface area contributed by atoms with Crippen LogP contribution in [0.2, 0.25) is 0 Å². The van der Waals surface area contributed by atoms with Crippen LogP contribution in [0.25, 0.3) is 0 Å². The Hall–Kier alpha value is -0.610. The van der Waals surface area contributed by atoms with Gasteiger partial charge in [0.15, 0.2) is 0 Å². The van der Waals surface area contributed by atoms with Crippen molar-refractivity contribution in [2.45, 2.75) is 39.8 Å². The minimum absolute atomic E-state index is 0.0518. The topological polar surface area (TPSA) is 49.8 Å². The standard InChI is InChI=1S/C11H23NO3/c1-8(11(2,3)4)12(5)9(7-15-6)10(13)14/h8-9H,7H2,1-6H3,(H,13,14). The quantitative estimate of drug-likeness (QED) is 0.757. The molecule has 0 aliphatic carbocycles. The van der Waals surface area contributed by atoms with E-state index in [0.717, 1.165) is 0 Å². The van der Waals surface area contributed by atoms with Gasteiger partial charge < -0.3 is 9.84 Å². The molecule has 2 atom stereocenters. The van der Waals surface area contributed by atoms with Gasteiger partial charge in [-0.1, -0.05) is 20.8 Å². The number of aliphatic carboxylic acids is 1. The number of carboxylic acid groups (broad SMARTS) is 1. The molecule has 2 unspecified atom stereocenters. The van der Waals surface area contributed by atoms with Crippen LogP contribution in [-0.4, -0.2) is 48.8 Å². The fourth-order valence-electron chi connectivity index (χ4n) is 1.40. The molecule has 0 radical (unpaired) electrons. The van der Waals surface area contributed by atoms with Crippen LogP contribution in [0.15, 0.2) is 0 Å². The Morgan fingerprint density at radius 2 is 1.93 bits per heavy atom. The number of carbonyl (C=O) groups is 1. The maximum Gasteiger partial charge on any atom is 0.323 e. The van der Waals surface area contributed by atoms with E-state index in [1.807, 2.05) is 18.9 Å². The molecule has 0 aliphatic heterocycles. The highest BCUT2D eigenvalue weighted by Gasteiger charge is 2.32. The molecule has 0 rings (SSSR count). The number of ether oxygens (including phenoxy) is 1. The first-order chi connectivity index (χ1) is 6.71. The second-order valence-electron chi connectivity index (χ2n) is 5.02. The number of nitrogens with zero attached hydrogens (tertiary/aromatic N) is 1. The number of hydrogen-bond donors (Lipinski definition) is 1. The molecule has 0 aliphatic rings. The minimum atomic E-state index is -0.838. The van der Waals surface area contributed by atoms with Crippen LogP contribution >= 0.6 is 0 Å². The summed E-state index contributed by atoms with van der Waals surface area (Å²) < 4.78 is 4.93. The molecule has 0 aromatic carbocycles. The minimum Gasteiger partial charge on any atom is -0.480 e. The molecule has 1 N–H and O–H groups in total. The van der Waals surface area contributed by atoms with Crippen molar-refractivity contribution in [1.29, 1.82) is 0 Å². The zero-order valence-corrected chi connectivity index (χ0v) is 10.6. The van der Waals surface area contributed by atoms with Crippen molar-refractivity contribution in [1.82, 2.24) is 4.90 Å². The number of hydrogen-bond acceptors (Lipinski definition) is 3. The van der Waals surface area contributed by atoms with Crippen molar-refractivity contribution in [3.05, 3.63) is 0 Å². The third-order valence-corrected chi connectivity index (χ3v) is 2.97. The summed E-state index contributed by atoms with van der Waals surface area (Å²) in [4.78, 5) is 12.9. The molecular formula is C11H23NO3. The molecular weight excluding hydrogens is 194 g/mol. The zero-order valence-electron chi connectivity index (χ0n) is 10.6. The number of carboxylic acids is 1. The van der Waals surface area contributed by atoms with Gasteiger partial charge in [0.25, 0.3) is 0 Å². The first-order valence-corrected chi connectivity index (χ1v) is 5.15. The fraction of sp³-hybridized carbons (Fsp3) is 0.909. The van der Waals surface area contributed by atoms with E-state index in [0.29, 0.717) is 0 Å². The van der Waals surface area contributed by atoms with Crippen molar-refractivity contribution in [3.8, 4) is 0 Å². The maximum absolute atomic E-state index is 11.0. The first-order valence-electron chi connectivity index (χ1n) is 5.15. The lowest BCUT2D eigenvalue weighted by atomic mass is 9.86. The summed E-state index contributed by atoms with van der Waals surface area (Å²) in [5.74, 6) is -0.838.